The molecular weight excluding hydrogens is 304 g/mol. The lowest BCUT2D eigenvalue weighted by atomic mass is 10.1. The van der Waals surface area contributed by atoms with E-state index in [0.717, 1.165) is 29.5 Å². The molecule has 2 rings (SSSR count). The van der Waals surface area contributed by atoms with Crippen molar-refractivity contribution in [3.05, 3.63) is 34.3 Å². The molecule has 94 valence electrons. The van der Waals surface area contributed by atoms with Gasteiger partial charge in [0.2, 0.25) is 5.91 Å². The number of halogens is 2. The van der Waals surface area contributed by atoms with Crippen LogP contribution in [0.5, 0.6) is 0 Å². The van der Waals surface area contributed by atoms with Gasteiger partial charge in [-0.05, 0) is 30.7 Å². The third kappa shape index (κ3) is 4.30. The average molecular weight is 320 g/mol. The maximum atomic E-state index is 11.7. The molecule has 0 aromatic heterocycles. The van der Waals surface area contributed by atoms with Gasteiger partial charge in [-0.1, -0.05) is 28.1 Å². The van der Waals surface area contributed by atoms with Crippen molar-refractivity contribution >= 4 is 34.2 Å². The molecule has 0 spiro atoms. The van der Waals surface area contributed by atoms with E-state index >= 15 is 0 Å². The normalized spacial score (nSPS) is 18.5. The Kier molecular flexibility index (Phi) is 5.95. The second-order valence-electron chi connectivity index (χ2n) is 4.03. The second kappa shape index (κ2) is 6.99. The van der Waals surface area contributed by atoms with E-state index in [1.165, 1.54) is 0 Å². The smallest absolute Gasteiger partial charge is 0.224 e. The van der Waals surface area contributed by atoms with E-state index < -0.39 is 0 Å². The van der Waals surface area contributed by atoms with E-state index in [-0.39, 0.29) is 24.2 Å². The summed E-state index contributed by atoms with van der Waals surface area (Å²) in [5, 5.41) is 6.16. The van der Waals surface area contributed by atoms with Crippen LogP contribution in [0.2, 0.25) is 0 Å². The molecule has 0 radical (unpaired) electrons. The van der Waals surface area contributed by atoms with E-state index in [2.05, 4.69) is 26.6 Å². The molecule has 1 amide bonds. The topological polar surface area (TPSA) is 41.1 Å². The van der Waals surface area contributed by atoms with Gasteiger partial charge in [-0.15, -0.1) is 12.4 Å². The largest absolute Gasteiger partial charge is 0.352 e. The van der Waals surface area contributed by atoms with E-state index in [0.29, 0.717) is 6.54 Å². The number of nitrogens with one attached hydrogen (secondary N) is 2. The number of hydrogen-bond acceptors (Lipinski definition) is 2. The van der Waals surface area contributed by atoms with Crippen molar-refractivity contribution in [2.24, 2.45) is 5.92 Å². The maximum Gasteiger partial charge on any atom is 0.224 e. The van der Waals surface area contributed by atoms with Gasteiger partial charge >= 0.3 is 0 Å². The number of benzene rings is 1. The number of amides is 1. The standard InChI is InChI=1S/C12H15BrN2O.ClH/c13-11-3-1-9(2-4-11)7-15-12(16)10-5-6-14-8-10;/h1-4,10,14H,5-8H2,(H,15,16);1H. The summed E-state index contributed by atoms with van der Waals surface area (Å²) < 4.78 is 1.06. The third-order valence-electron chi connectivity index (χ3n) is 2.81. The molecule has 5 heteroatoms. The Hall–Kier alpha value is -0.580. The third-order valence-corrected chi connectivity index (χ3v) is 3.34. The minimum atomic E-state index is 0. The molecule has 17 heavy (non-hydrogen) atoms. The van der Waals surface area contributed by atoms with Gasteiger partial charge in [0.1, 0.15) is 0 Å². The zero-order valence-corrected chi connectivity index (χ0v) is 11.8. The van der Waals surface area contributed by atoms with Gasteiger partial charge < -0.3 is 10.6 Å². The molecule has 0 aliphatic carbocycles. The zero-order valence-electron chi connectivity index (χ0n) is 9.41. The Labute approximate surface area is 116 Å². The SMILES string of the molecule is Cl.O=C(NCc1ccc(Br)cc1)C1CCNC1. The Balaban J connectivity index is 0.00000144. The molecule has 1 atom stereocenters. The van der Waals surface area contributed by atoms with Crippen LogP contribution in [0, 0.1) is 5.92 Å². The lowest BCUT2D eigenvalue weighted by Gasteiger charge is -2.09. The second-order valence-corrected chi connectivity index (χ2v) is 4.95. The maximum absolute atomic E-state index is 11.7. The first-order valence-corrected chi connectivity index (χ1v) is 6.28. The fourth-order valence-corrected chi connectivity index (χ4v) is 2.08. The lowest BCUT2D eigenvalue weighted by Crippen LogP contribution is -2.31. The highest BCUT2D eigenvalue weighted by molar-refractivity contribution is 9.10. The lowest BCUT2D eigenvalue weighted by molar-refractivity contribution is -0.124. The van der Waals surface area contributed by atoms with Gasteiger partial charge in [-0.3, -0.25) is 4.79 Å². The highest BCUT2D eigenvalue weighted by Crippen LogP contribution is 2.11. The van der Waals surface area contributed by atoms with Crippen LogP contribution in [-0.2, 0) is 11.3 Å². The number of carbonyl (C=O) groups excluding carboxylic acids is 1. The van der Waals surface area contributed by atoms with Crippen molar-refractivity contribution in [3.63, 3.8) is 0 Å². The summed E-state index contributed by atoms with van der Waals surface area (Å²) in [6, 6.07) is 7.99. The predicted octanol–water partition coefficient (Wildman–Crippen LogP) is 2.10. The van der Waals surface area contributed by atoms with Crippen LogP contribution >= 0.6 is 28.3 Å². The molecule has 2 N–H and O–H groups in total. The van der Waals surface area contributed by atoms with Gasteiger partial charge in [0.25, 0.3) is 0 Å². The van der Waals surface area contributed by atoms with Crippen molar-refractivity contribution in [2.75, 3.05) is 13.1 Å². The van der Waals surface area contributed by atoms with Gasteiger partial charge in [0.05, 0.1) is 5.92 Å². The van der Waals surface area contributed by atoms with Crippen LogP contribution in [0.25, 0.3) is 0 Å². The van der Waals surface area contributed by atoms with Gasteiger partial charge in [-0.2, -0.15) is 0 Å². The van der Waals surface area contributed by atoms with Crippen LogP contribution in [0.4, 0.5) is 0 Å². The Morgan fingerprint density at radius 3 is 2.71 bits per heavy atom. The monoisotopic (exact) mass is 318 g/mol. The number of hydrogen-bond donors (Lipinski definition) is 2. The molecule has 0 bridgehead atoms. The first-order chi connectivity index (χ1) is 7.75. The Bertz CT molecular complexity index is 363. The van der Waals surface area contributed by atoms with E-state index in [1.807, 2.05) is 24.3 Å². The minimum Gasteiger partial charge on any atom is -0.352 e. The molecule has 1 aromatic rings. The van der Waals surface area contributed by atoms with Crippen molar-refractivity contribution in [3.8, 4) is 0 Å². The Morgan fingerprint density at radius 1 is 1.41 bits per heavy atom. The molecule has 1 aromatic carbocycles. The molecular formula is C12H16BrClN2O. The first kappa shape index (κ1) is 14.5. The van der Waals surface area contributed by atoms with E-state index in [4.69, 9.17) is 0 Å². The summed E-state index contributed by atoms with van der Waals surface area (Å²) in [6.45, 7) is 2.38. The quantitative estimate of drug-likeness (QED) is 0.896. The highest BCUT2D eigenvalue weighted by Gasteiger charge is 2.21. The van der Waals surface area contributed by atoms with Gasteiger partial charge in [-0.25, -0.2) is 0 Å². The molecule has 1 saturated heterocycles. The zero-order chi connectivity index (χ0) is 11.4. The summed E-state index contributed by atoms with van der Waals surface area (Å²) in [5.41, 5.74) is 1.13. The summed E-state index contributed by atoms with van der Waals surface area (Å²) in [4.78, 5) is 11.7. The van der Waals surface area contributed by atoms with Gasteiger partial charge in [0.15, 0.2) is 0 Å². The first-order valence-electron chi connectivity index (χ1n) is 5.48. The van der Waals surface area contributed by atoms with Gasteiger partial charge in [0, 0.05) is 17.6 Å². The number of carbonyl (C=O) groups is 1. The molecule has 1 fully saturated rings. The van der Waals surface area contributed by atoms with Crippen molar-refractivity contribution in [1.29, 1.82) is 0 Å². The van der Waals surface area contributed by atoms with Crippen LogP contribution in [-0.4, -0.2) is 19.0 Å². The highest BCUT2D eigenvalue weighted by atomic mass is 79.9. The summed E-state index contributed by atoms with van der Waals surface area (Å²) >= 11 is 3.38. The minimum absolute atomic E-state index is 0. The van der Waals surface area contributed by atoms with Crippen molar-refractivity contribution in [1.82, 2.24) is 10.6 Å². The Morgan fingerprint density at radius 2 is 2.12 bits per heavy atom. The molecule has 1 aliphatic heterocycles. The molecule has 1 aliphatic rings. The van der Waals surface area contributed by atoms with Crippen LogP contribution < -0.4 is 10.6 Å². The van der Waals surface area contributed by atoms with Crippen LogP contribution in [0.1, 0.15) is 12.0 Å². The molecule has 1 unspecified atom stereocenters. The molecule has 0 saturated carbocycles. The predicted molar refractivity (Wildman–Crippen MR) is 74.2 cm³/mol. The molecule has 3 nitrogen and oxygen atoms in total. The van der Waals surface area contributed by atoms with E-state index in [9.17, 15) is 4.79 Å². The summed E-state index contributed by atoms with van der Waals surface area (Å²) in [5.74, 6) is 0.309. The number of rotatable bonds is 3. The van der Waals surface area contributed by atoms with Crippen molar-refractivity contribution in [2.45, 2.75) is 13.0 Å². The van der Waals surface area contributed by atoms with Crippen molar-refractivity contribution < 1.29 is 4.79 Å². The van der Waals surface area contributed by atoms with Crippen LogP contribution in [0.3, 0.4) is 0 Å². The summed E-state index contributed by atoms with van der Waals surface area (Å²) in [6.07, 6.45) is 0.951. The van der Waals surface area contributed by atoms with E-state index in [1.54, 1.807) is 0 Å². The summed E-state index contributed by atoms with van der Waals surface area (Å²) in [7, 11) is 0. The fraction of sp³-hybridized carbons (Fsp3) is 0.417. The molecule has 1 heterocycles. The van der Waals surface area contributed by atoms with Crippen LogP contribution in [0.15, 0.2) is 28.7 Å². The average Bonchev–Trinajstić information content (AvgIpc) is 2.81. The fourth-order valence-electron chi connectivity index (χ4n) is 1.81.